The SMILES string of the molecule is COC(=O)C1=CO[C@@H](O[C@@H]2O[C@H](CO)[C@@H](O)[C@H](O)[C@H]2O)[C@@H]2C(COC(C)=O)=CC[C@H]12. The lowest BCUT2D eigenvalue weighted by Gasteiger charge is -2.42. The molecule has 1 saturated heterocycles. The number of aliphatic hydroxyl groups is 4. The van der Waals surface area contributed by atoms with Gasteiger partial charge in [-0.15, -0.1) is 0 Å². The zero-order valence-corrected chi connectivity index (χ0v) is 16.5. The van der Waals surface area contributed by atoms with Crippen LogP contribution in [0.3, 0.4) is 0 Å². The van der Waals surface area contributed by atoms with Gasteiger partial charge in [-0.25, -0.2) is 4.79 Å². The fraction of sp³-hybridized carbons (Fsp3) is 0.684. The molecule has 11 heteroatoms. The first-order valence-corrected chi connectivity index (χ1v) is 9.50. The molecule has 3 rings (SSSR count). The number of hydrogen-bond acceptors (Lipinski definition) is 11. The van der Waals surface area contributed by atoms with Crippen LogP contribution in [0.25, 0.3) is 0 Å². The van der Waals surface area contributed by atoms with Gasteiger partial charge in [-0.1, -0.05) is 6.08 Å². The lowest BCUT2D eigenvalue weighted by Crippen LogP contribution is -2.60. The van der Waals surface area contributed by atoms with E-state index < -0.39 is 61.5 Å². The van der Waals surface area contributed by atoms with E-state index in [4.69, 9.17) is 23.7 Å². The monoisotopic (exact) mass is 430 g/mol. The summed E-state index contributed by atoms with van der Waals surface area (Å²) in [5.41, 5.74) is 0.935. The third-order valence-electron chi connectivity index (χ3n) is 5.50. The highest BCUT2D eigenvalue weighted by Gasteiger charge is 2.49. The summed E-state index contributed by atoms with van der Waals surface area (Å²) in [5.74, 6) is -1.99. The molecule has 4 N–H and O–H groups in total. The Morgan fingerprint density at radius 2 is 1.90 bits per heavy atom. The van der Waals surface area contributed by atoms with Gasteiger partial charge in [0.2, 0.25) is 6.29 Å². The van der Waals surface area contributed by atoms with E-state index in [0.29, 0.717) is 12.0 Å². The maximum Gasteiger partial charge on any atom is 0.337 e. The molecule has 168 valence electrons. The summed E-state index contributed by atoms with van der Waals surface area (Å²) in [6.45, 7) is 0.626. The van der Waals surface area contributed by atoms with E-state index >= 15 is 0 Å². The number of fused-ring (bicyclic) bond motifs is 1. The first kappa shape index (κ1) is 22.7. The van der Waals surface area contributed by atoms with Crippen LogP contribution in [0, 0.1) is 11.8 Å². The van der Waals surface area contributed by atoms with Crippen LogP contribution in [0.4, 0.5) is 0 Å². The smallest absolute Gasteiger partial charge is 0.337 e. The molecule has 2 heterocycles. The van der Waals surface area contributed by atoms with E-state index in [9.17, 15) is 30.0 Å². The van der Waals surface area contributed by atoms with Crippen molar-refractivity contribution in [3.63, 3.8) is 0 Å². The fourth-order valence-corrected chi connectivity index (χ4v) is 3.90. The molecular weight excluding hydrogens is 404 g/mol. The van der Waals surface area contributed by atoms with Gasteiger partial charge < -0.3 is 44.1 Å². The number of allylic oxidation sites excluding steroid dienone is 1. The van der Waals surface area contributed by atoms with Gasteiger partial charge in [0.25, 0.3) is 0 Å². The Hall–Kier alpha value is -2.02. The largest absolute Gasteiger partial charge is 0.471 e. The molecule has 11 nitrogen and oxygen atoms in total. The highest BCUT2D eigenvalue weighted by molar-refractivity contribution is 5.89. The van der Waals surface area contributed by atoms with Crippen LogP contribution in [0.15, 0.2) is 23.5 Å². The minimum Gasteiger partial charge on any atom is -0.471 e. The lowest BCUT2D eigenvalue weighted by molar-refractivity contribution is -0.339. The van der Waals surface area contributed by atoms with Crippen LogP contribution in [-0.2, 0) is 33.3 Å². The minimum atomic E-state index is -1.61. The van der Waals surface area contributed by atoms with Gasteiger partial charge in [-0.2, -0.15) is 0 Å². The van der Waals surface area contributed by atoms with Crippen molar-refractivity contribution in [2.24, 2.45) is 11.8 Å². The Morgan fingerprint density at radius 1 is 1.17 bits per heavy atom. The first-order valence-electron chi connectivity index (χ1n) is 9.50. The lowest BCUT2D eigenvalue weighted by atomic mass is 9.83. The van der Waals surface area contributed by atoms with Gasteiger partial charge in [0, 0.05) is 12.8 Å². The van der Waals surface area contributed by atoms with Crippen LogP contribution in [0.2, 0.25) is 0 Å². The number of methoxy groups -OCH3 is 1. The van der Waals surface area contributed by atoms with E-state index in [0.717, 1.165) is 0 Å². The Morgan fingerprint density at radius 3 is 2.53 bits per heavy atom. The normalized spacial score (nSPS) is 38.1. The van der Waals surface area contributed by atoms with Gasteiger partial charge in [-0.3, -0.25) is 4.79 Å². The highest BCUT2D eigenvalue weighted by atomic mass is 16.8. The van der Waals surface area contributed by atoms with Gasteiger partial charge in [-0.05, 0) is 12.0 Å². The molecule has 3 aliphatic rings. The molecule has 0 aromatic rings. The van der Waals surface area contributed by atoms with Crippen molar-refractivity contribution in [3.8, 4) is 0 Å². The second-order valence-electron chi connectivity index (χ2n) is 7.33. The van der Waals surface area contributed by atoms with E-state index in [1.165, 1.54) is 20.3 Å². The third-order valence-corrected chi connectivity index (χ3v) is 5.50. The molecule has 0 unspecified atom stereocenters. The number of carbonyl (C=O) groups is 2. The zero-order valence-electron chi connectivity index (χ0n) is 16.5. The molecule has 2 aliphatic heterocycles. The molecule has 0 aromatic carbocycles. The van der Waals surface area contributed by atoms with Crippen LogP contribution in [0.1, 0.15) is 13.3 Å². The quantitative estimate of drug-likeness (QED) is 0.282. The summed E-state index contributed by atoms with van der Waals surface area (Å²) in [6, 6.07) is 0. The van der Waals surface area contributed by atoms with Crippen molar-refractivity contribution in [2.75, 3.05) is 20.3 Å². The first-order chi connectivity index (χ1) is 14.3. The molecule has 0 aromatic heterocycles. The summed E-state index contributed by atoms with van der Waals surface area (Å²) >= 11 is 0. The van der Waals surface area contributed by atoms with Crippen molar-refractivity contribution in [1.82, 2.24) is 0 Å². The summed E-state index contributed by atoms with van der Waals surface area (Å²) in [5, 5.41) is 39.5. The van der Waals surface area contributed by atoms with E-state index in [1.807, 2.05) is 6.08 Å². The predicted molar refractivity (Wildman–Crippen MR) is 96.1 cm³/mol. The molecular formula is C19H26O11. The molecule has 1 aliphatic carbocycles. The number of rotatable bonds is 6. The predicted octanol–water partition coefficient (Wildman–Crippen LogP) is -1.66. The average molecular weight is 430 g/mol. The second kappa shape index (κ2) is 9.41. The van der Waals surface area contributed by atoms with Crippen molar-refractivity contribution >= 4 is 11.9 Å². The Labute approximate surface area is 172 Å². The maximum atomic E-state index is 12.1. The Balaban J connectivity index is 1.81. The molecule has 0 saturated carbocycles. The number of ether oxygens (including phenoxy) is 5. The molecule has 8 atom stereocenters. The van der Waals surface area contributed by atoms with Gasteiger partial charge in [0.15, 0.2) is 6.29 Å². The summed E-state index contributed by atoms with van der Waals surface area (Å²) in [4.78, 5) is 23.3. The van der Waals surface area contributed by atoms with Crippen LogP contribution >= 0.6 is 0 Å². The van der Waals surface area contributed by atoms with Crippen molar-refractivity contribution in [3.05, 3.63) is 23.5 Å². The fourth-order valence-electron chi connectivity index (χ4n) is 3.90. The third kappa shape index (κ3) is 4.36. The van der Waals surface area contributed by atoms with Gasteiger partial charge >= 0.3 is 11.9 Å². The summed E-state index contributed by atoms with van der Waals surface area (Å²) in [7, 11) is 1.25. The van der Waals surface area contributed by atoms with E-state index in [1.54, 1.807) is 0 Å². The molecule has 0 radical (unpaired) electrons. The van der Waals surface area contributed by atoms with Crippen molar-refractivity contribution in [1.29, 1.82) is 0 Å². The molecule has 0 spiro atoms. The Kier molecular flexibility index (Phi) is 7.11. The number of aliphatic hydroxyl groups excluding tert-OH is 4. The number of hydrogen-bond donors (Lipinski definition) is 4. The minimum absolute atomic E-state index is 0.0388. The molecule has 1 fully saturated rings. The zero-order chi connectivity index (χ0) is 22.0. The molecule has 30 heavy (non-hydrogen) atoms. The van der Waals surface area contributed by atoms with Crippen molar-refractivity contribution < 1.29 is 53.7 Å². The van der Waals surface area contributed by atoms with Crippen LogP contribution < -0.4 is 0 Å². The number of carbonyl (C=O) groups excluding carboxylic acids is 2. The van der Waals surface area contributed by atoms with E-state index in [-0.39, 0.29) is 18.1 Å². The standard InChI is InChI=1S/C19H26O11/c1-8(21)27-6-9-3-4-10-11(17(25)26-2)7-28-18(13(9)10)30-19-16(24)15(23)14(22)12(5-20)29-19/h3,7,10,12-16,18-20,22-24H,4-6H2,1-2H3/t10-,12-,13-,14-,15+,16-,18+,19+/m1/s1. The summed E-state index contributed by atoms with van der Waals surface area (Å²) < 4.78 is 26.6. The molecule has 0 bridgehead atoms. The van der Waals surface area contributed by atoms with Crippen molar-refractivity contribution in [2.45, 2.75) is 50.3 Å². The number of esters is 2. The highest BCUT2D eigenvalue weighted by Crippen LogP contribution is 2.44. The summed E-state index contributed by atoms with van der Waals surface area (Å²) in [6.07, 6.45) is -4.91. The van der Waals surface area contributed by atoms with Crippen LogP contribution in [0.5, 0.6) is 0 Å². The molecule has 0 amide bonds. The topological polar surface area (TPSA) is 161 Å². The van der Waals surface area contributed by atoms with Crippen LogP contribution in [-0.4, -0.2) is 89.7 Å². The Bertz CT molecular complexity index is 715. The van der Waals surface area contributed by atoms with E-state index in [2.05, 4.69) is 0 Å². The van der Waals surface area contributed by atoms with Gasteiger partial charge in [0.1, 0.15) is 31.0 Å². The maximum absolute atomic E-state index is 12.1. The second-order valence-corrected chi connectivity index (χ2v) is 7.33. The average Bonchev–Trinajstić information content (AvgIpc) is 3.16. The van der Waals surface area contributed by atoms with Gasteiger partial charge in [0.05, 0.1) is 31.5 Å².